The molecule has 2 aliphatic rings. The zero-order valence-corrected chi connectivity index (χ0v) is 9.65. The van der Waals surface area contributed by atoms with Crippen LogP contribution in [0.3, 0.4) is 0 Å². The fraction of sp³-hybridized carbons (Fsp3) is 0.917. The zero-order valence-electron chi connectivity index (χ0n) is 9.65. The third-order valence-corrected chi connectivity index (χ3v) is 4.25. The molecule has 86 valence electrons. The van der Waals surface area contributed by atoms with E-state index < -0.39 is 5.97 Å². The molecule has 2 saturated carbocycles. The maximum Gasteiger partial charge on any atom is 0.307 e. The zero-order chi connectivity index (χ0) is 11.0. The maximum atomic E-state index is 10.8. The first-order valence-electron chi connectivity index (χ1n) is 6.01. The lowest BCUT2D eigenvalue weighted by Crippen LogP contribution is -2.40. The summed E-state index contributed by atoms with van der Waals surface area (Å²) in [4.78, 5) is 13.1. The van der Waals surface area contributed by atoms with Crippen LogP contribution in [0, 0.1) is 17.8 Å². The fourth-order valence-electron chi connectivity index (χ4n) is 3.40. The van der Waals surface area contributed by atoms with E-state index in [1.54, 1.807) is 6.92 Å². The van der Waals surface area contributed by atoms with E-state index in [1.165, 1.54) is 25.7 Å². The Morgan fingerprint density at radius 3 is 2.67 bits per heavy atom. The van der Waals surface area contributed by atoms with Crippen LogP contribution in [0.25, 0.3) is 0 Å². The molecule has 0 aromatic carbocycles. The molecule has 4 atom stereocenters. The molecule has 0 radical (unpaired) electrons. The molecule has 0 aliphatic heterocycles. The number of aliphatic carboxylic acids is 1. The molecule has 0 amide bonds. The van der Waals surface area contributed by atoms with Crippen molar-refractivity contribution < 1.29 is 9.90 Å². The number of carboxylic acid groups (broad SMARTS) is 1. The number of nitrogens with zero attached hydrogens (tertiary/aromatic N) is 1. The summed E-state index contributed by atoms with van der Waals surface area (Å²) in [5.41, 5.74) is 0. The van der Waals surface area contributed by atoms with Crippen LogP contribution in [0.1, 0.15) is 32.6 Å². The van der Waals surface area contributed by atoms with E-state index in [1.807, 2.05) is 0 Å². The van der Waals surface area contributed by atoms with Crippen molar-refractivity contribution in [1.29, 1.82) is 0 Å². The van der Waals surface area contributed by atoms with Crippen molar-refractivity contribution in [2.75, 3.05) is 13.6 Å². The summed E-state index contributed by atoms with van der Waals surface area (Å²) in [6, 6.07) is 0.658. The van der Waals surface area contributed by atoms with Gasteiger partial charge in [-0.2, -0.15) is 0 Å². The Morgan fingerprint density at radius 2 is 2.20 bits per heavy atom. The number of fused-ring (bicyclic) bond motifs is 2. The normalized spacial score (nSPS) is 36.1. The van der Waals surface area contributed by atoms with Crippen LogP contribution in [-0.2, 0) is 4.79 Å². The highest BCUT2D eigenvalue weighted by Gasteiger charge is 2.41. The number of hydrogen-bond acceptors (Lipinski definition) is 2. The lowest BCUT2D eigenvalue weighted by Gasteiger charge is -2.32. The minimum absolute atomic E-state index is 0.242. The second-order valence-corrected chi connectivity index (χ2v) is 5.42. The molecule has 2 aliphatic carbocycles. The molecule has 0 heterocycles. The molecular formula is C12H21NO2. The highest BCUT2D eigenvalue weighted by atomic mass is 16.4. The summed E-state index contributed by atoms with van der Waals surface area (Å²) < 4.78 is 0. The van der Waals surface area contributed by atoms with Crippen molar-refractivity contribution in [1.82, 2.24) is 4.90 Å². The molecule has 0 saturated heterocycles. The third kappa shape index (κ3) is 2.17. The summed E-state index contributed by atoms with van der Waals surface area (Å²) in [6.07, 6.45) is 5.45. The monoisotopic (exact) mass is 211 g/mol. The van der Waals surface area contributed by atoms with E-state index in [4.69, 9.17) is 5.11 Å². The minimum atomic E-state index is -0.676. The van der Waals surface area contributed by atoms with Gasteiger partial charge in [-0.1, -0.05) is 13.3 Å². The van der Waals surface area contributed by atoms with E-state index >= 15 is 0 Å². The lowest BCUT2D eigenvalue weighted by molar-refractivity contribution is -0.141. The van der Waals surface area contributed by atoms with Crippen LogP contribution < -0.4 is 0 Å². The molecule has 3 nitrogen and oxygen atoms in total. The highest BCUT2D eigenvalue weighted by molar-refractivity contribution is 5.69. The molecule has 0 aromatic heterocycles. The van der Waals surface area contributed by atoms with Gasteiger partial charge in [0.25, 0.3) is 0 Å². The Labute approximate surface area is 91.5 Å². The predicted molar refractivity (Wildman–Crippen MR) is 58.7 cm³/mol. The van der Waals surface area contributed by atoms with E-state index in [-0.39, 0.29) is 5.92 Å². The van der Waals surface area contributed by atoms with E-state index in [2.05, 4.69) is 11.9 Å². The first kappa shape index (κ1) is 10.9. The van der Waals surface area contributed by atoms with Crippen molar-refractivity contribution in [2.24, 2.45) is 17.8 Å². The van der Waals surface area contributed by atoms with Crippen molar-refractivity contribution in [3.63, 3.8) is 0 Å². The SMILES string of the molecule is CC(CN(C)C1CC2CCC1C2)C(=O)O. The van der Waals surface area contributed by atoms with Gasteiger partial charge in [0.2, 0.25) is 0 Å². The molecule has 2 fully saturated rings. The molecule has 2 rings (SSSR count). The van der Waals surface area contributed by atoms with Crippen molar-refractivity contribution >= 4 is 5.97 Å². The van der Waals surface area contributed by atoms with Gasteiger partial charge in [0, 0.05) is 12.6 Å². The Morgan fingerprint density at radius 1 is 1.47 bits per heavy atom. The van der Waals surface area contributed by atoms with Gasteiger partial charge in [-0.05, 0) is 38.1 Å². The average molecular weight is 211 g/mol. The average Bonchev–Trinajstić information content (AvgIpc) is 2.78. The topological polar surface area (TPSA) is 40.5 Å². The van der Waals surface area contributed by atoms with Crippen molar-refractivity contribution in [3.8, 4) is 0 Å². The number of carboxylic acids is 1. The van der Waals surface area contributed by atoms with Gasteiger partial charge in [0.05, 0.1) is 5.92 Å². The Hall–Kier alpha value is -0.570. The van der Waals surface area contributed by atoms with Crippen LogP contribution in [0.2, 0.25) is 0 Å². The van der Waals surface area contributed by atoms with Crippen LogP contribution in [0.5, 0.6) is 0 Å². The van der Waals surface area contributed by atoms with Gasteiger partial charge in [0.1, 0.15) is 0 Å². The van der Waals surface area contributed by atoms with Crippen LogP contribution in [0.4, 0.5) is 0 Å². The minimum Gasteiger partial charge on any atom is -0.481 e. The smallest absolute Gasteiger partial charge is 0.307 e. The summed E-state index contributed by atoms with van der Waals surface area (Å²) in [5.74, 6) is 0.864. The lowest BCUT2D eigenvalue weighted by atomic mass is 9.94. The first-order valence-corrected chi connectivity index (χ1v) is 6.01. The van der Waals surface area contributed by atoms with E-state index in [9.17, 15) is 4.79 Å². The van der Waals surface area contributed by atoms with Gasteiger partial charge in [-0.25, -0.2) is 0 Å². The van der Waals surface area contributed by atoms with E-state index in [0.29, 0.717) is 12.6 Å². The van der Waals surface area contributed by atoms with Gasteiger partial charge in [-0.15, -0.1) is 0 Å². The quantitative estimate of drug-likeness (QED) is 0.771. The van der Waals surface area contributed by atoms with Gasteiger partial charge in [0.15, 0.2) is 0 Å². The Bertz CT molecular complexity index is 254. The summed E-state index contributed by atoms with van der Waals surface area (Å²) in [7, 11) is 2.09. The van der Waals surface area contributed by atoms with Gasteiger partial charge in [-0.3, -0.25) is 4.79 Å². The van der Waals surface area contributed by atoms with Crippen LogP contribution >= 0.6 is 0 Å². The Balaban J connectivity index is 1.86. The van der Waals surface area contributed by atoms with Gasteiger partial charge < -0.3 is 10.0 Å². The van der Waals surface area contributed by atoms with Crippen LogP contribution in [-0.4, -0.2) is 35.6 Å². The summed E-state index contributed by atoms with van der Waals surface area (Å²) in [5, 5.41) is 8.88. The fourth-order valence-corrected chi connectivity index (χ4v) is 3.40. The molecule has 4 unspecified atom stereocenters. The van der Waals surface area contributed by atoms with Crippen molar-refractivity contribution in [3.05, 3.63) is 0 Å². The molecule has 0 spiro atoms. The first-order chi connectivity index (χ1) is 7.08. The second kappa shape index (κ2) is 4.12. The summed E-state index contributed by atoms with van der Waals surface area (Å²) in [6.45, 7) is 2.50. The number of hydrogen-bond donors (Lipinski definition) is 1. The standard InChI is InChI=1S/C12H21NO2/c1-8(12(14)15)7-13(2)11-6-9-3-4-10(11)5-9/h8-11H,3-7H2,1-2H3,(H,14,15). The Kier molecular flexibility index (Phi) is 3.01. The molecular weight excluding hydrogens is 190 g/mol. The highest BCUT2D eigenvalue weighted by Crippen LogP contribution is 2.46. The molecule has 15 heavy (non-hydrogen) atoms. The van der Waals surface area contributed by atoms with Crippen LogP contribution in [0.15, 0.2) is 0 Å². The summed E-state index contributed by atoms with van der Waals surface area (Å²) >= 11 is 0. The molecule has 3 heteroatoms. The number of rotatable bonds is 4. The third-order valence-electron chi connectivity index (χ3n) is 4.25. The maximum absolute atomic E-state index is 10.8. The molecule has 1 N–H and O–H groups in total. The largest absolute Gasteiger partial charge is 0.481 e. The second-order valence-electron chi connectivity index (χ2n) is 5.42. The number of carbonyl (C=O) groups is 1. The van der Waals surface area contributed by atoms with Crippen molar-refractivity contribution in [2.45, 2.75) is 38.6 Å². The predicted octanol–water partition coefficient (Wildman–Crippen LogP) is 1.83. The van der Waals surface area contributed by atoms with Gasteiger partial charge >= 0.3 is 5.97 Å². The van der Waals surface area contributed by atoms with E-state index in [0.717, 1.165) is 11.8 Å². The molecule has 2 bridgehead atoms. The molecule has 0 aromatic rings.